The third-order valence-electron chi connectivity index (χ3n) is 11.9. The molecule has 0 bridgehead atoms. The zero-order chi connectivity index (χ0) is 47.1. The van der Waals surface area contributed by atoms with E-state index in [1.165, 1.54) is 88.3 Å². The van der Waals surface area contributed by atoms with Gasteiger partial charge in [0.1, 0.15) is 0 Å². The Kier molecular flexibility index (Phi) is 19.5. The van der Waals surface area contributed by atoms with Crippen molar-refractivity contribution in [1.82, 2.24) is 0 Å². The summed E-state index contributed by atoms with van der Waals surface area (Å²) in [6.07, 6.45) is 2.17. The van der Waals surface area contributed by atoms with Crippen LogP contribution in [-0.4, -0.2) is 9.52 Å². The van der Waals surface area contributed by atoms with Crippen molar-refractivity contribution in [3.05, 3.63) is 129 Å². The second kappa shape index (κ2) is 22.3. The third-order valence-corrected chi connectivity index (χ3v) is 11.9. The van der Waals surface area contributed by atoms with E-state index in [9.17, 15) is 0 Å². The van der Waals surface area contributed by atoms with E-state index < -0.39 is 20.8 Å². The zero-order valence-corrected chi connectivity index (χ0v) is 47.4. The Morgan fingerprint density at radius 2 is 0.742 bits per heavy atom. The van der Waals surface area contributed by atoms with Crippen molar-refractivity contribution in [3.8, 4) is 22.3 Å². The van der Waals surface area contributed by atoms with Crippen molar-refractivity contribution in [2.45, 2.75) is 184 Å². The van der Waals surface area contributed by atoms with Crippen molar-refractivity contribution in [2.75, 3.05) is 0 Å². The fraction of sp³-hybridized carbons (Fsp3) is 0.483. The summed E-state index contributed by atoms with van der Waals surface area (Å²) in [4.78, 5) is 0. The number of rotatable bonds is 6. The van der Waals surface area contributed by atoms with E-state index in [0.29, 0.717) is 11.8 Å². The molecule has 2 radical (unpaired) electrons. The van der Waals surface area contributed by atoms with Gasteiger partial charge in [-0.3, -0.25) is 0 Å². The maximum absolute atomic E-state index is 4.93. The molecule has 0 fully saturated rings. The van der Waals surface area contributed by atoms with Crippen molar-refractivity contribution < 1.29 is 20.8 Å². The molecular formula is C58H80Cl2SiZr. The predicted octanol–water partition coefficient (Wildman–Crippen LogP) is 19.2. The minimum atomic E-state index is -0.826. The fourth-order valence-electron chi connectivity index (χ4n) is 8.01. The van der Waals surface area contributed by atoms with Gasteiger partial charge in [0.05, 0.1) is 0 Å². The molecule has 0 N–H and O–H groups in total. The van der Waals surface area contributed by atoms with Crippen molar-refractivity contribution in [2.24, 2.45) is 0 Å². The first-order chi connectivity index (χ1) is 28.7. The number of fused-ring (bicyclic) bond motifs is 2. The number of hydrogen-bond acceptors (Lipinski definition) is 0. The van der Waals surface area contributed by atoms with Crippen LogP contribution in [0.3, 0.4) is 0 Å². The van der Waals surface area contributed by atoms with Crippen molar-refractivity contribution in [1.29, 1.82) is 0 Å². The molecule has 0 aliphatic rings. The van der Waals surface area contributed by atoms with Gasteiger partial charge in [0, 0.05) is 9.52 Å². The van der Waals surface area contributed by atoms with E-state index in [0.717, 1.165) is 22.4 Å². The second-order valence-corrected chi connectivity index (χ2v) is 26.7. The van der Waals surface area contributed by atoms with Gasteiger partial charge in [0.2, 0.25) is 0 Å². The Hall–Kier alpha value is -2.22. The molecule has 6 aromatic rings. The van der Waals surface area contributed by atoms with Crippen LogP contribution in [0.1, 0.15) is 181 Å². The maximum atomic E-state index is 4.93. The molecular weight excluding hydrogens is 887 g/mol. The molecule has 0 heterocycles. The molecule has 0 saturated carbocycles. The molecule has 334 valence electrons. The summed E-state index contributed by atoms with van der Waals surface area (Å²) in [5.41, 5.74) is 17.6. The van der Waals surface area contributed by atoms with Crippen LogP contribution < -0.4 is 0 Å². The first kappa shape index (κ1) is 54.1. The molecule has 0 nitrogen and oxygen atoms in total. The van der Waals surface area contributed by atoms with Gasteiger partial charge in [-0.1, -0.05) is 196 Å². The summed E-state index contributed by atoms with van der Waals surface area (Å²) in [5, 5.41) is 5.56. The number of benzene rings is 4. The quantitative estimate of drug-likeness (QED) is 0.115. The number of halogens is 2. The number of hydrogen-bond donors (Lipinski definition) is 0. The summed E-state index contributed by atoms with van der Waals surface area (Å²) in [6.45, 7) is 45.9. The molecule has 62 heavy (non-hydrogen) atoms. The van der Waals surface area contributed by atoms with Crippen LogP contribution in [-0.2, 0) is 55.3 Å². The molecule has 0 aliphatic carbocycles. The van der Waals surface area contributed by atoms with Crippen LogP contribution in [0.4, 0.5) is 0 Å². The monoisotopic (exact) mass is 964 g/mol. The van der Waals surface area contributed by atoms with Gasteiger partial charge < -0.3 is 0 Å². The standard InChI is InChI=1S/2C28H37.C2H6Si.2ClH.Zr/c2*1-10-19-13-20-11-12-24(18(2)3)26(25(20)14-19)21-15-22(27(4,5)6)17-23(16-21)28(7,8)9;1-3-2;;;/h2*11-18H,10H2,1-9H3;1-2H3;2*1H;/q2*-1;;;;+4/p-2. The predicted molar refractivity (Wildman–Crippen MR) is 281 cm³/mol. The van der Waals surface area contributed by atoms with Crippen LogP contribution >= 0.6 is 17.0 Å². The van der Waals surface area contributed by atoms with E-state index in [1.807, 2.05) is 0 Å². The summed E-state index contributed by atoms with van der Waals surface area (Å²) in [5.74, 6) is 0.992. The molecule has 6 rings (SSSR count). The van der Waals surface area contributed by atoms with E-state index >= 15 is 0 Å². The van der Waals surface area contributed by atoms with E-state index in [1.54, 1.807) is 0 Å². The van der Waals surface area contributed by atoms with Gasteiger partial charge in [-0.2, -0.15) is 12.1 Å². The van der Waals surface area contributed by atoms with Gasteiger partial charge in [0.25, 0.3) is 0 Å². The summed E-state index contributed by atoms with van der Waals surface area (Å²) in [6, 6.07) is 33.5. The molecule has 0 saturated heterocycles. The average molecular weight is 967 g/mol. The third kappa shape index (κ3) is 13.9. The average Bonchev–Trinajstić information content (AvgIpc) is 3.80. The topological polar surface area (TPSA) is 0 Å². The van der Waals surface area contributed by atoms with Crippen LogP contribution in [0.5, 0.6) is 0 Å². The molecule has 6 aromatic carbocycles. The Bertz CT molecular complexity index is 2120. The summed E-state index contributed by atoms with van der Waals surface area (Å²) >= 11 is -0.826. The van der Waals surface area contributed by atoms with Crippen LogP contribution in [0, 0.1) is 0 Å². The van der Waals surface area contributed by atoms with Gasteiger partial charge in [-0.15, -0.1) is 69.1 Å². The van der Waals surface area contributed by atoms with Gasteiger partial charge in [-0.25, -0.2) is 0 Å². The zero-order valence-electron chi connectivity index (χ0n) is 42.4. The number of aryl methyl sites for hydroxylation is 2. The Balaban J connectivity index is 0.000000293. The molecule has 0 atom stereocenters. The molecule has 0 amide bonds. The second-order valence-electron chi connectivity index (χ2n) is 22.0. The molecule has 0 spiro atoms. The van der Waals surface area contributed by atoms with Crippen molar-refractivity contribution >= 4 is 48.1 Å². The first-order valence-corrected chi connectivity index (χ1v) is 31.3. The summed E-state index contributed by atoms with van der Waals surface area (Å²) in [7, 11) is 11.0. The van der Waals surface area contributed by atoms with E-state index in [4.69, 9.17) is 17.0 Å². The Morgan fingerprint density at radius 1 is 0.484 bits per heavy atom. The van der Waals surface area contributed by atoms with Gasteiger partial charge in [-0.05, 0) is 79.7 Å². The van der Waals surface area contributed by atoms with E-state index in [-0.39, 0.29) is 21.7 Å². The molecule has 4 heteroatoms. The van der Waals surface area contributed by atoms with Gasteiger partial charge in [0.15, 0.2) is 0 Å². The van der Waals surface area contributed by atoms with Crippen molar-refractivity contribution in [3.63, 3.8) is 0 Å². The summed E-state index contributed by atoms with van der Waals surface area (Å²) < 4.78 is 0. The SMILES string of the molecule is CCc1cc2c(-c3cc(C(C)(C)C)cc(C(C)(C)C)c3)c(C(C)C)ccc2[cH-]1.CCc1cc2c(-c3cc(C(C)(C)C)cc(C(C)(C)C)c3)c(C(C)C)ccc2[cH-]1.C[Si]C.[Cl][Zr+2][Cl]. The Morgan fingerprint density at radius 3 is 0.952 bits per heavy atom. The molecule has 0 aromatic heterocycles. The molecule has 0 aliphatic heterocycles. The Labute approximate surface area is 401 Å². The van der Waals surface area contributed by atoms with Gasteiger partial charge >= 0.3 is 37.9 Å². The van der Waals surface area contributed by atoms with Crippen LogP contribution in [0.25, 0.3) is 43.8 Å². The molecule has 0 unspecified atom stereocenters. The van der Waals surface area contributed by atoms with Crippen LogP contribution in [0.15, 0.2) is 84.9 Å². The van der Waals surface area contributed by atoms with Crippen LogP contribution in [0.2, 0.25) is 13.1 Å². The van der Waals surface area contributed by atoms with E-state index in [2.05, 4.69) is 223 Å². The fourth-order valence-corrected chi connectivity index (χ4v) is 8.01. The first-order valence-electron chi connectivity index (χ1n) is 23.0. The normalized spacial score (nSPS) is 12.1. The minimum absolute atomic E-state index is 0.127.